The van der Waals surface area contributed by atoms with Gasteiger partial charge in [-0.1, -0.05) is 0 Å². The van der Waals surface area contributed by atoms with Crippen LogP contribution in [0.5, 0.6) is 5.75 Å². The summed E-state index contributed by atoms with van der Waals surface area (Å²) in [7, 11) is 0. The van der Waals surface area contributed by atoms with E-state index in [-0.39, 0.29) is 18.2 Å². The van der Waals surface area contributed by atoms with Gasteiger partial charge in [-0.25, -0.2) is 4.98 Å². The van der Waals surface area contributed by atoms with Crippen molar-refractivity contribution < 1.29 is 22.7 Å². The molecule has 0 unspecified atom stereocenters. The van der Waals surface area contributed by atoms with Crippen molar-refractivity contribution in [2.45, 2.75) is 25.1 Å². The van der Waals surface area contributed by atoms with Crippen LogP contribution in [0.4, 0.5) is 24.0 Å². The number of anilines is 2. The molecule has 156 valence electrons. The largest absolute Gasteiger partial charge is 0.573 e. The number of rotatable bonds is 6. The molecule has 4 rings (SSSR count). The molecule has 2 heterocycles. The number of benzene rings is 1. The Bertz CT molecular complexity index is 846. The van der Waals surface area contributed by atoms with Gasteiger partial charge in [0.05, 0.1) is 6.54 Å². The molecule has 1 aromatic carbocycles. The molecule has 1 amide bonds. The maximum Gasteiger partial charge on any atom is 0.573 e. The van der Waals surface area contributed by atoms with Crippen LogP contribution in [0.2, 0.25) is 0 Å². The molecule has 1 saturated carbocycles. The minimum absolute atomic E-state index is 0.213. The Labute approximate surface area is 169 Å². The zero-order valence-electron chi connectivity index (χ0n) is 15.5. The summed E-state index contributed by atoms with van der Waals surface area (Å²) < 4.78 is 44.8. The Balaban J connectivity index is 1.22. The molecule has 2 aromatic rings. The van der Waals surface area contributed by atoms with E-state index in [4.69, 9.17) is 0 Å². The van der Waals surface area contributed by atoms with Crippen LogP contribution in [-0.2, 0) is 4.79 Å². The molecule has 0 spiro atoms. The van der Waals surface area contributed by atoms with Gasteiger partial charge in [0.15, 0.2) is 0 Å². The third-order valence-electron chi connectivity index (χ3n) is 4.76. The van der Waals surface area contributed by atoms with Gasteiger partial charge in [-0.2, -0.15) is 4.37 Å². The predicted octanol–water partition coefficient (Wildman–Crippen LogP) is 3.07. The van der Waals surface area contributed by atoms with Gasteiger partial charge in [0.1, 0.15) is 11.6 Å². The van der Waals surface area contributed by atoms with Gasteiger partial charge in [-0.05, 0) is 37.1 Å². The molecule has 1 aliphatic heterocycles. The highest BCUT2D eigenvalue weighted by Crippen LogP contribution is 2.39. The average molecular weight is 427 g/mol. The van der Waals surface area contributed by atoms with Crippen molar-refractivity contribution in [3.05, 3.63) is 30.1 Å². The molecule has 1 aromatic heterocycles. The Kier molecular flexibility index (Phi) is 5.59. The number of nitrogens with one attached hydrogen (secondary N) is 1. The number of alkyl halides is 3. The van der Waals surface area contributed by atoms with E-state index in [1.807, 2.05) is 4.90 Å². The van der Waals surface area contributed by atoms with E-state index in [1.165, 1.54) is 48.6 Å². The molecule has 11 heteroatoms. The van der Waals surface area contributed by atoms with Gasteiger partial charge in [-0.15, -0.1) is 13.2 Å². The predicted molar refractivity (Wildman–Crippen MR) is 102 cm³/mol. The summed E-state index contributed by atoms with van der Waals surface area (Å²) in [6.07, 6.45) is -2.38. The van der Waals surface area contributed by atoms with Crippen molar-refractivity contribution in [2.24, 2.45) is 0 Å². The minimum atomic E-state index is -4.74. The summed E-state index contributed by atoms with van der Waals surface area (Å²) >= 11 is 1.43. The Morgan fingerprint density at radius 1 is 1.17 bits per heavy atom. The molecule has 1 N–H and O–H groups in total. The molecule has 29 heavy (non-hydrogen) atoms. The number of aromatic nitrogens is 2. The fourth-order valence-corrected chi connectivity index (χ4v) is 3.90. The zero-order chi connectivity index (χ0) is 20.4. The van der Waals surface area contributed by atoms with Crippen molar-refractivity contribution >= 4 is 28.3 Å². The van der Waals surface area contributed by atoms with Crippen LogP contribution in [0.15, 0.2) is 24.3 Å². The van der Waals surface area contributed by atoms with Gasteiger partial charge in [0.2, 0.25) is 11.0 Å². The first kappa shape index (κ1) is 19.9. The van der Waals surface area contributed by atoms with Crippen LogP contribution in [0.1, 0.15) is 24.6 Å². The van der Waals surface area contributed by atoms with Crippen LogP contribution < -0.4 is 15.0 Å². The zero-order valence-corrected chi connectivity index (χ0v) is 16.3. The smallest absolute Gasteiger partial charge is 0.406 e. The van der Waals surface area contributed by atoms with E-state index in [9.17, 15) is 18.0 Å². The molecule has 0 bridgehead atoms. The monoisotopic (exact) mass is 427 g/mol. The Hall–Kier alpha value is -2.40. The fourth-order valence-electron chi connectivity index (χ4n) is 3.10. The second-order valence-electron chi connectivity index (χ2n) is 7.09. The minimum Gasteiger partial charge on any atom is -0.406 e. The molecule has 1 aliphatic carbocycles. The van der Waals surface area contributed by atoms with E-state index in [2.05, 4.69) is 24.3 Å². The second-order valence-corrected chi connectivity index (χ2v) is 7.82. The first-order valence-corrected chi connectivity index (χ1v) is 10.1. The number of ether oxygens (including phenoxy) is 1. The molecule has 0 radical (unpaired) electrons. The summed E-state index contributed by atoms with van der Waals surface area (Å²) in [5, 5.41) is 3.64. The lowest BCUT2D eigenvalue weighted by Crippen LogP contribution is -2.48. The summed E-state index contributed by atoms with van der Waals surface area (Å²) in [6.45, 7) is 3.22. The van der Waals surface area contributed by atoms with Gasteiger partial charge < -0.3 is 15.0 Å². The van der Waals surface area contributed by atoms with E-state index in [0.717, 1.165) is 37.1 Å². The van der Waals surface area contributed by atoms with Crippen molar-refractivity contribution in [3.63, 3.8) is 0 Å². The summed E-state index contributed by atoms with van der Waals surface area (Å²) in [5.74, 6) is 0.959. The van der Waals surface area contributed by atoms with Crippen LogP contribution in [-0.4, -0.2) is 59.3 Å². The number of hydrogen-bond acceptors (Lipinski definition) is 7. The van der Waals surface area contributed by atoms with Crippen LogP contribution in [0.3, 0.4) is 0 Å². The first-order valence-electron chi connectivity index (χ1n) is 9.32. The first-order chi connectivity index (χ1) is 13.9. The summed E-state index contributed by atoms with van der Waals surface area (Å²) in [5.41, 5.74) is 0.421. The van der Waals surface area contributed by atoms with Crippen LogP contribution in [0.25, 0.3) is 0 Å². The van der Waals surface area contributed by atoms with Crippen molar-refractivity contribution in [2.75, 3.05) is 42.9 Å². The molecule has 0 atom stereocenters. The van der Waals surface area contributed by atoms with Crippen molar-refractivity contribution in [3.8, 4) is 5.75 Å². The summed E-state index contributed by atoms with van der Waals surface area (Å²) in [6, 6.07) is 5.09. The van der Waals surface area contributed by atoms with E-state index in [1.54, 1.807) is 0 Å². The lowest BCUT2D eigenvalue weighted by Gasteiger charge is -2.33. The molecular formula is C18H20F3N5O2S. The van der Waals surface area contributed by atoms with Gasteiger partial charge >= 0.3 is 6.36 Å². The van der Waals surface area contributed by atoms with Gasteiger partial charge in [-0.3, -0.25) is 9.69 Å². The third-order valence-corrected chi connectivity index (χ3v) is 5.55. The molecule has 2 fully saturated rings. The van der Waals surface area contributed by atoms with Crippen LogP contribution >= 0.6 is 11.5 Å². The number of piperazine rings is 1. The maximum atomic E-state index is 12.2. The number of nitrogens with zero attached hydrogens (tertiary/aromatic N) is 4. The lowest BCUT2D eigenvalue weighted by atomic mass is 10.3. The highest BCUT2D eigenvalue weighted by Gasteiger charge is 2.31. The van der Waals surface area contributed by atoms with E-state index < -0.39 is 6.36 Å². The van der Waals surface area contributed by atoms with Crippen molar-refractivity contribution in [1.29, 1.82) is 0 Å². The third kappa shape index (κ3) is 5.57. The molecular weight excluding hydrogens is 407 g/mol. The number of halogens is 3. The van der Waals surface area contributed by atoms with Crippen molar-refractivity contribution in [1.82, 2.24) is 14.3 Å². The number of hydrogen-bond donors (Lipinski definition) is 1. The normalized spacial score (nSPS) is 18.0. The number of carbonyl (C=O) groups is 1. The molecule has 1 saturated heterocycles. The standard InChI is InChI=1S/C18H20F3N5O2S/c19-18(20,21)28-14-5-3-13(4-6-14)22-15(27)11-25-7-9-26(10-8-25)17-23-16(24-29-17)12-1-2-12/h3-6,12H,1-2,7-11H2,(H,22,27). The number of carbonyl (C=O) groups excluding carboxylic acids is 1. The van der Waals surface area contributed by atoms with E-state index in [0.29, 0.717) is 11.6 Å². The summed E-state index contributed by atoms with van der Waals surface area (Å²) in [4.78, 5) is 21.1. The average Bonchev–Trinajstić information content (AvgIpc) is 3.40. The molecule has 2 aliphatic rings. The van der Waals surface area contributed by atoms with Crippen LogP contribution in [0, 0.1) is 0 Å². The molecule has 7 nitrogen and oxygen atoms in total. The van der Waals surface area contributed by atoms with Gasteiger partial charge in [0.25, 0.3) is 0 Å². The number of amides is 1. The maximum absolute atomic E-state index is 12.2. The lowest BCUT2D eigenvalue weighted by molar-refractivity contribution is -0.274. The van der Waals surface area contributed by atoms with E-state index >= 15 is 0 Å². The quantitative estimate of drug-likeness (QED) is 0.764. The highest BCUT2D eigenvalue weighted by molar-refractivity contribution is 7.09. The topological polar surface area (TPSA) is 70.6 Å². The highest BCUT2D eigenvalue weighted by atomic mass is 32.1. The fraction of sp³-hybridized carbons (Fsp3) is 0.500. The Morgan fingerprint density at radius 3 is 2.48 bits per heavy atom. The second kappa shape index (κ2) is 8.15. The Morgan fingerprint density at radius 2 is 1.86 bits per heavy atom. The van der Waals surface area contributed by atoms with Gasteiger partial charge in [0, 0.05) is 49.3 Å². The SMILES string of the molecule is O=C(CN1CCN(c2nc(C3CC3)ns2)CC1)Nc1ccc(OC(F)(F)F)cc1.